The number of hydrogen-bond donors (Lipinski definition) is 2. The van der Waals surface area contributed by atoms with Gasteiger partial charge in [0.15, 0.2) is 17.3 Å². The number of rotatable bonds is 7. The molecule has 0 radical (unpaired) electrons. The molecule has 0 saturated heterocycles. The molecule has 0 spiro atoms. The van der Waals surface area contributed by atoms with Crippen molar-refractivity contribution >= 4 is 23.1 Å². The molecule has 8 heteroatoms. The first-order valence-electron chi connectivity index (χ1n) is 8.64. The molecule has 146 valence electrons. The number of benzene rings is 2. The smallest absolute Gasteiger partial charge is 0.249 e. The fourth-order valence-corrected chi connectivity index (χ4v) is 2.89. The predicted molar refractivity (Wildman–Crippen MR) is 108 cm³/mol. The zero-order valence-corrected chi connectivity index (χ0v) is 16.5. The van der Waals surface area contributed by atoms with Gasteiger partial charge in [-0.15, -0.1) is 5.10 Å². The standard InChI is InChI=1S/C20H23N5O3/c1-12-6-13(2)8-14(7-12)23-20-24-18(11-21-25-20)22-15-9-16(26-3)19(28-5)17(10-15)27-4/h6-11H,1-5H3,(H2,22,23,24,25). The average molecular weight is 381 g/mol. The monoisotopic (exact) mass is 381 g/mol. The number of nitrogens with zero attached hydrogens (tertiary/aromatic N) is 3. The molecule has 0 aliphatic heterocycles. The van der Waals surface area contributed by atoms with Crippen LogP contribution in [0.4, 0.5) is 23.1 Å². The van der Waals surface area contributed by atoms with Gasteiger partial charge in [-0.25, -0.2) is 0 Å². The van der Waals surface area contributed by atoms with Gasteiger partial charge in [-0.1, -0.05) is 6.07 Å². The quantitative estimate of drug-likeness (QED) is 0.635. The van der Waals surface area contributed by atoms with Gasteiger partial charge in [0, 0.05) is 23.5 Å². The van der Waals surface area contributed by atoms with Crippen molar-refractivity contribution in [3.63, 3.8) is 0 Å². The maximum absolute atomic E-state index is 5.38. The van der Waals surface area contributed by atoms with E-state index in [9.17, 15) is 0 Å². The average Bonchev–Trinajstić information content (AvgIpc) is 2.66. The Labute approximate surface area is 163 Å². The van der Waals surface area contributed by atoms with Gasteiger partial charge in [-0.2, -0.15) is 10.1 Å². The molecule has 0 fully saturated rings. The van der Waals surface area contributed by atoms with Crippen molar-refractivity contribution in [3.05, 3.63) is 47.7 Å². The molecule has 2 aromatic carbocycles. The van der Waals surface area contributed by atoms with Crippen LogP contribution in [0.3, 0.4) is 0 Å². The van der Waals surface area contributed by atoms with Gasteiger partial charge in [0.25, 0.3) is 0 Å². The maximum atomic E-state index is 5.38. The SMILES string of the molecule is COc1cc(Nc2cnnc(Nc3cc(C)cc(C)c3)n2)cc(OC)c1OC. The van der Waals surface area contributed by atoms with Gasteiger partial charge in [0.1, 0.15) is 0 Å². The number of methoxy groups -OCH3 is 3. The topological polar surface area (TPSA) is 90.4 Å². The molecule has 0 bridgehead atoms. The van der Waals surface area contributed by atoms with E-state index >= 15 is 0 Å². The molecule has 0 atom stereocenters. The second kappa shape index (κ2) is 8.43. The summed E-state index contributed by atoms with van der Waals surface area (Å²) in [7, 11) is 4.70. The van der Waals surface area contributed by atoms with E-state index in [1.807, 2.05) is 26.0 Å². The van der Waals surface area contributed by atoms with E-state index in [1.165, 1.54) is 6.20 Å². The third-order valence-electron chi connectivity index (χ3n) is 3.97. The maximum Gasteiger partial charge on any atom is 0.249 e. The van der Waals surface area contributed by atoms with E-state index in [0.717, 1.165) is 16.8 Å². The minimum absolute atomic E-state index is 0.391. The molecule has 1 heterocycles. The number of hydrogen-bond acceptors (Lipinski definition) is 8. The Kier molecular flexibility index (Phi) is 5.78. The molecule has 2 N–H and O–H groups in total. The van der Waals surface area contributed by atoms with Crippen LogP contribution in [0.2, 0.25) is 0 Å². The summed E-state index contributed by atoms with van der Waals surface area (Å²) in [5, 5.41) is 14.4. The third-order valence-corrected chi connectivity index (χ3v) is 3.97. The van der Waals surface area contributed by atoms with Crippen LogP contribution >= 0.6 is 0 Å². The highest BCUT2D eigenvalue weighted by atomic mass is 16.5. The number of anilines is 4. The van der Waals surface area contributed by atoms with Gasteiger partial charge in [-0.05, 0) is 37.1 Å². The van der Waals surface area contributed by atoms with Crippen LogP contribution < -0.4 is 24.8 Å². The van der Waals surface area contributed by atoms with Gasteiger partial charge < -0.3 is 24.8 Å². The van der Waals surface area contributed by atoms with Crippen molar-refractivity contribution in [2.24, 2.45) is 0 Å². The zero-order valence-electron chi connectivity index (χ0n) is 16.5. The summed E-state index contributed by atoms with van der Waals surface area (Å²) >= 11 is 0. The Morgan fingerprint density at radius 1 is 0.750 bits per heavy atom. The van der Waals surface area contributed by atoms with Crippen LogP contribution in [-0.4, -0.2) is 36.5 Å². The number of ether oxygens (including phenoxy) is 3. The summed E-state index contributed by atoms with van der Waals surface area (Å²) in [6.45, 7) is 4.08. The van der Waals surface area contributed by atoms with Crippen LogP contribution in [0.1, 0.15) is 11.1 Å². The first-order chi connectivity index (χ1) is 13.5. The summed E-state index contributed by atoms with van der Waals surface area (Å²) in [6, 6.07) is 9.74. The fraction of sp³-hybridized carbons (Fsp3) is 0.250. The minimum Gasteiger partial charge on any atom is -0.493 e. The summed E-state index contributed by atoms with van der Waals surface area (Å²) in [6.07, 6.45) is 1.54. The summed E-state index contributed by atoms with van der Waals surface area (Å²) in [5.41, 5.74) is 3.93. The zero-order chi connectivity index (χ0) is 20.1. The Balaban J connectivity index is 1.85. The number of aryl methyl sites for hydroxylation is 2. The van der Waals surface area contributed by atoms with Crippen molar-refractivity contribution in [1.82, 2.24) is 15.2 Å². The Hall–Kier alpha value is -3.55. The first kappa shape index (κ1) is 19.2. The Morgan fingerprint density at radius 3 is 1.93 bits per heavy atom. The summed E-state index contributed by atoms with van der Waals surface area (Å²) in [5.74, 6) is 2.52. The van der Waals surface area contributed by atoms with Gasteiger partial charge in [0.2, 0.25) is 11.7 Å². The van der Waals surface area contributed by atoms with E-state index < -0.39 is 0 Å². The van der Waals surface area contributed by atoms with Crippen molar-refractivity contribution in [2.45, 2.75) is 13.8 Å². The van der Waals surface area contributed by atoms with E-state index in [0.29, 0.717) is 34.7 Å². The molecule has 3 aromatic rings. The van der Waals surface area contributed by atoms with Crippen molar-refractivity contribution < 1.29 is 14.2 Å². The fourth-order valence-electron chi connectivity index (χ4n) is 2.89. The normalized spacial score (nSPS) is 10.3. The molecule has 8 nitrogen and oxygen atoms in total. The van der Waals surface area contributed by atoms with E-state index in [4.69, 9.17) is 14.2 Å². The number of aromatic nitrogens is 3. The second-order valence-corrected chi connectivity index (χ2v) is 6.21. The highest BCUT2D eigenvalue weighted by molar-refractivity contribution is 5.67. The molecule has 0 saturated carbocycles. The molecule has 0 amide bonds. The molecule has 3 rings (SSSR count). The lowest BCUT2D eigenvalue weighted by Gasteiger charge is -2.15. The lowest BCUT2D eigenvalue weighted by atomic mass is 10.1. The molecular formula is C20H23N5O3. The van der Waals surface area contributed by atoms with Crippen LogP contribution in [-0.2, 0) is 0 Å². The molecule has 28 heavy (non-hydrogen) atoms. The van der Waals surface area contributed by atoms with Crippen molar-refractivity contribution in [2.75, 3.05) is 32.0 Å². The van der Waals surface area contributed by atoms with E-state index in [2.05, 4.69) is 31.9 Å². The summed E-state index contributed by atoms with van der Waals surface area (Å²) in [4.78, 5) is 4.47. The predicted octanol–water partition coefficient (Wildman–Crippen LogP) is 4.00. The molecular weight excluding hydrogens is 358 g/mol. The lowest BCUT2D eigenvalue weighted by Crippen LogP contribution is -2.03. The highest BCUT2D eigenvalue weighted by Gasteiger charge is 2.14. The molecule has 0 aliphatic rings. The van der Waals surface area contributed by atoms with Gasteiger partial charge in [0.05, 0.1) is 27.5 Å². The Morgan fingerprint density at radius 2 is 1.36 bits per heavy atom. The van der Waals surface area contributed by atoms with Crippen molar-refractivity contribution in [3.8, 4) is 17.2 Å². The number of nitrogens with one attached hydrogen (secondary N) is 2. The van der Waals surface area contributed by atoms with Crippen LogP contribution in [0.5, 0.6) is 17.2 Å². The minimum atomic E-state index is 0.391. The summed E-state index contributed by atoms with van der Waals surface area (Å²) < 4.78 is 16.1. The third kappa shape index (κ3) is 4.40. The second-order valence-electron chi connectivity index (χ2n) is 6.21. The van der Waals surface area contributed by atoms with Crippen LogP contribution in [0, 0.1) is 13.8 Å². The van der Waals surface area contributed by atoms with Gasteiger partial charge >= 0.3 is 0 Å². The molecule has 0 unspecified atom stereocenters. The molecule has 1 aromatic heterocycles. The van der Waals surface area contributed by atoms with E-state index in [1.54, 1.807) is 33.5 Å². The van der Waals surface area contributed by atoms with E-state index in [-0.39, 0.29) is 0 Å². The van der Waals surface area contributed by atoms with Crippen LogP contribution in [0.25, 0.3) is 0 Å². The Bertz CT molecular complexity index is 933. The lowest BCUT2D eigenvalue weighted by molar-refractivity contribution is 0.324. The molecule has 0 aliphatic carbocycles. The largest absolute Gasteiger partial charge is 0.493 e. The van der Waals surface area contributed by atoms with Crippen LogP contribution in [0.15, 0.2) is 36.5 Å². The van der Waals surface area contributed by atoms with Crippen molar-refractivity contribution in [1.29, 1.82) is 0 Å². The van der Waals surface area contributed by atoms with Gasteiger partial charge in [-0.3, -0.25) is 0 Å². The first-order valence-corrected chi connectivity index (χ1v) is 8.64. The highest BCUT2D eigenvalue weighted by Crippen LogP contribution is 2.40.